The minimum Gasteiger partial charge on any atom is -0.373 e. The van der Waals surface area contributed by atoms with Gasteiger partial charge in [0.15, 0.2) is 0 Å². The van der Waals surface area contributed by atoms with Gasteiger partial charge in [0.2, 0.25) is 5.95 Å². The molecule has 1 aliphatic rings. The predicted molar refractivity (Wildman–Crippen MR) is 105 cm³/mol. The number of halogens is 2. The minimum absolute atomic E-state index is 0.00503. The van der Waals surface area contributed by atoms with E-state index in [4.69, 9.17) is 23.2 Å². The Bertz CT molecular complexity index is 888. The van der Waals surface area contributed by atoms with Gasteiger partial charge in [-0.25, -0.2) is 9.97 Å². The standard InChI is InChI=1S/C18H16Cl2N6O/c19-14-2-3-16(15(20)10-14)24-17(27)13(11-21)12-25-6-8-26(9-7-25)18-22-4-1-5-23-18/h1-5,10,12H,6-9H2,(H,24,27)/b13-12-. The van der Waals surface area contributed by atoms with Gasteiger partial charge in [-0.1, -0.05) is 23.2 Å². The van der Waals surface area contributed by atoms with Crippen molar-refractivity contribution in [3.63, 3.8) is 0 Å². The molecule has 2 heterocycles. The Labute approximate surface area is 166 Å². The number of hydrogen-bond acceptors (Lipinski definition) is 6. The van der Waals surface area contributed by atoms with Crippen LogP contribution in [-0.2, 0) is 4.79 Å². The van der Waals surface area contributed by atoms with Crippen LogP contribution in [0.1, 0.15) is 0 Å². The van der Waals surface area contributed by atoms with E-state index in [-0.39, 0.29) is 5.57 Å². The Hall–Kier alpha value is -2.82. The molecule has 7 nitrogen and oxygen atoms in total. The topological polar surface area (TPSA) is 85.2 Å². The molecule has 1 saturated heterocycles. The molecule has 0 spiro atoms. The number of piperazine rings is 1. The second kappa shape index (κ2) is 8.71. The number of carbonyl (C=O) groups excluding carboxylic acids is 1. The number of carbonyl (C=O) groups is 1. The number of rotatable bonds is 4. The number of nitrogens with one attached hydrogen (secondary N) is 1. The molecular weight excluding hydrogens is 387 g/mol. The summed E-state index contributed by atoms with van der Waals surface area (Å²) in [5, 5.41) is 12.8. The Balaban J connectivity index is 1.63. The second-order valence-corrected chi connectivity index (χ2v) is 6.65. The molecule has 3 rings (SSSR count). The highest BCUT2D eigenvalue weighted by Crippen LogP contribution is 2.25. The van der Waals surface area contributed by atoms with Gasteiger partial charge in [-0.2, -0.15) is 5.26 Å². The Morgan fingerprint density at radius 1 is 1.19 bits per heavy atom. The number of benzene rings is 1. The number of nitrogens with zero attached hydrogens (tertiary/aromatic N) is 5. The fourth-order valence-corrected chi connectivity index (χ4v) is 3.06. The van der Waals surface area contributed by atoms with Crippen molar-refractivity contribution < 1.29 is 4.79 Å². The van der Waals surface area contributed by atoms with E-state index in [1.54, 1.807) is 36.8 Å². The monoisotopic (exact) mass is 402 g/mol. The van der Waals surface area contributed by atoms with E-state index in [1.165, 1.54) is 6.07 Å². The SMILES string of the molecule is N#C/C(=C/N1CCN(c2ncccn2)CC1)C(=O)Nc1ccc(Cl)cc1Cl. The summed E-state index contributed by atoms with van der Waals surface area (Å²) < 4.78 is 0. The van der Waals surface area contributed by atoms with Crippen LogP contribution >= 0.6 is 23.2 Å². The van der Waals surface area contributed by atoms with E-state index in [9.17, 15) is 10.1 Å². The lowest BCUT2D eigenvalue weighted by atomic mass is 10.2. The molecule has 0 aliphatic carbocycles. The largest absolute Gasteiger partial charge is 0.373 e. The highest BCUT2D eigenvalue weighted by Gasteiger charge is 2.19. The molecule has 0 atom stereocenters. The number of amides is 1. The molecule has 0 bridgehead atoms. The smallest absolute Gasteiger partial charge is 0.267 e. The molecular formula is C18H16Cl2N6O. The lowest BCUT2D eigenvalue weighted by Crippen LogP contribution is -2.45. The predicted octanol–water partition coefficient (Wildman–Crippen LogP) is 2.95. The van der Waals surface area contributed by atoms with Gasteiger partial charge < -0.3 is 15.1 Å². The van der Waals surface area contributed by atoms with Crippen LogP contribution in [0.3, 0.4) is 0 Å². The maximum Gasteiger partial charge on any atom is 0.267 e. The molecule has 0 saturated carbocycles. The zero-order valence-electron chi connectivity index (χ0n) is 14.3. The van der Waals surface area contributed by atoms with Gasteiger partial charge in [-0.15, -0.1) is 0 Å². The Morgan fingerprint density at radius 2 is 1.89 bits per heavy atom. The zero-order valence-corrected chi connectivity index (χ0v) is 15.8. The fraction of sp³-hybridized carbons (Fsp3) is 0.222. The van der Waals surface area contributed by atoms with Gasteiger partial charge in [0.25, 0.3) is 5.91 Å². The highest BCUT2D eigenvalue weighted by atomic mass is 35.5. The van der Waals surface area contributed by atoms with Crippen molar-refractivity contribution >= 4 is 40.7 Å². The van der Waals surface area contributed by atoms with Crippen molar-refractivity contribution in [3.05, 3.63) is 58.5 Å². The summed E-state index contributed by atoms with van der Waals surface area (Å²) in [7, 11) is 0. The van der Waals surface area contributed by atoms with Crippen LogP contribution in [0.4, 0.5) is 11.6 Å². The summed E-state index contributed by atoms with van der Waals surface area (Å²) in [5.74, 6) is 0.160. The number of aromatic nitrogens is 2. The van der Waals surface area contributed by atoms with Crippen molar-refractivity contribution in [2.45, 2.75) is 0 Å². The normalized spacial score (nSPS) is 14.6. The first-order valence-corrected chi connectivity index (χ1v) is 8.97. The van der Waals surface area contributed by atoms with Crippen LogP contribution in [-0.4, -0.2) is 47.0 Å². The van der Waals surface area contributed by atoms with Gasteiger partial charge in [-0.3, -0.25) is 4.79 Å². The van der Waals surface area contributed by atoms with Crippen LogP contribution in [0.2, 0.25) is 10.0 Å². The second-order valence-electron chi connectivity index (χ2n) is 5.80. The van der Waals surface area contributed by atoms with Gasteiger partial charge in [0.1, 0.15) is 11.6 Å². The molecule has 1 aromatic heterocycles. The average Bonchev–Trinajstić information content (AvgIpc) is 2.69. The van der Waals surface area contributed by atoms with Crippen molar-refractivity contribution in [2.24, 2.45) is 0 Å². The summed E-state index contributed by atoms with van der Waals surface area (Å²) in [6, 6.07) is 8.45. The van der Waals surface area contributed by atoms with Crippen LogP contribution in [0.5, 0.6) is 0 Å². The molecule has 27 heavy (non-hydrogen) atoms. The van der Waals surface area contributed by atoms with E-state index in [0.717, 1.165) is 0 Å². The van der Waals surface area contributed by atoms with E-state index in [1.807, 2.05) is 11.0 Å². The minimum atomic E-state index is -0.518. The molecule has 1 aliphatic heterocycles. The third-order valence-corrected chi connectivity index (χ3v) is 4.55. The quantitative estimate of drug-likeness (QED) is 0.624. The maximum absolute atomic E-state index is 12.4. The van der Waals surface area contributed by atoms with Crippen LogP contribution in [0, 0.1) is 11.3 Å². The van der Waals surface area contributed by atoms with Crippen molar-refractivity contribution in [3.8, 4) is 6.07 Å². The molecule has 9 heteroatoms. The fourth-order valence-electron chi connectivity index (χ4n) is 2.61. The van der Waals surface area contributed by atoms with Crippen LogP contribution in [0.25, 0.3) is 0 Å². The first-order chi connectivity index (χ1) is 13.1. The summed E-state index contributed by atoms with van der Waals surface area (Å²) in [6.07, 6.45) is 4.98. The average molecular weight is 403 g/mol. The molecule has 0 radical (unpaired) electrons. The van der Waals surface area contributed by atoms with Crippen LogP contribution in [0.15, 0.2) is 48.4 Å². The lowest BCUT2D eigenvalue weighted by Gasteiger charge is -2.34. The van der Waals surface area contributed by atoms with E-state index in [0.29, 0.717) is 47.9 Å². The van der Waals surface area contributed by atoms with Crippen molar-refractivity contribution in [1.82, 2.24) is 14.9 Å². The van der Waals surface area contributed by atoms with Crippen molar-refractivity contribution in [1.29, 1.82) is 5.26 Å². The molecule has 0 unspecified atom stereocenters. The molecule has 1 fully saturated rings. The lowest BCUT2D eigenvalue weighted by molar-refractivity contribution is -0.112. The van der Waals surface area contributed by atoms with Crippen molar-refractivity contribution in [2.75, 3.05) is 36.4 Å². The Morgan fingerprint density at radius 3 is 2.52 bits per heavy atom. The maximum atomic E-state index is 12.4. The van der Waals surface area contributed by atoms with Gasteiger partial charge >= 0.3 is 0 Å². The highest BCUT2D eigenvalue weighted by molar-refractivity contribution is 6.36. The first kappa shape index (κ1) is 19.0. The van der Waals surface area contributed by atoms with Gasteiger partial charge in [-0.05, 0) is 24.3 Å². The summed E-state index contributed by atoms with van der Waals surface area (Å²) in [5.41, 5.74) is 0.406. The molecule has 1 aromatic carbocycles. The third kappa shape index (κ3) is 4.88. The first-order valence-electron chi connectivity index (χ1n) is 8.21. The zero-order chi connectivity index (χ0) is 19.2. The molecule has 1 N–H and O–H groups in total. The van der Waals surface area contributed by atoms with E-state index in [2.05, 4.69) is 20.2 Å². The number of hydrogen-bond donors (Lipinski definition) is 1. The van der Waals surface area contributed by atoms with E-state index < -0.39 is 5.91 Å². The molecule has 2 aromatic rings. The molecule has 1 amide bonds. The summed E-state index contributed by atoms with van der Waals surface area (Å²) in [4.78, 5) is 24.9. The number of nitriles is 1. The van der Waals surface area contributed by atoms with Gasteiger partial charge in [0, 0.05) is 49.8 Å². The third-order valence-electron chi connectivity index (χ3n) is 4.01. The van der Waals surface area contributed by atoms with E-state index >= 15 is 0 Å². The van der Waals surface area contributed by atoms with Crippen LogP contribution < -0.4 is 10.2 Å². The number of anilines is 2. The Kier molecular flexibility index (Phi) is 6.12. The summed E-state index contributed by atoms with van der Waals surface area (Å²) >= 11 is 11.9. The molecule has 138 valence electrons. The van der Waals surface area contributed by atoms with Gasteiger partial charge in [0.05, 0.1) is 10.7 Å². The summed E-state index contributed by atoms with van der Waals surface area (Å²) in [6.45, 7) is 2.70.